The van der Waals surface area contributed by atoms with Crippen molar-refractivity contribution in [2.24, 2.45) is 23.2 Å². The van der Waals surface area contributed by atoms with Crippen molar-refractivity contribution in [1.82, 2.24) is 4.90 Å². The van der Waals surface area contributed by atoms with Gasteiger partial charge in [0.1, 0.15) is 0 Å². The molecule has 2 aliphatic carbocycles. The second-order valence-electron chi connectivity index (χ2n) is 6.64. The predicted molar refractivity (Wildman–Crippen MR) is 68.0 cm³/mol. The van der Waals surface area contributed by atoms with E-state index in [1.165, 1.54) is 12.8 Å². The topological polar surface area (TPSA) is 57.6 Å². The Balaban J connectivity index is 2.07. The molecule has 0 aromatic carbocycles. The molecule has 1 amide bonds. The predicted octanol–water partition coefficient (Wildman–Crippen LogP) is 1.99. The Morgan fingerprint density at radius 3 is 2.17 bits per heavy atom. The van der Waals surface area contributed by atoms with Gasteiger partial charge in [-0.2, -0.15) is 0 Å². The van der Waals surface area contributed by atoms with Gasteiger partial charge in [0, 0.05) is 12.6 Å². The summed E-state index contributed by atoms with van der Waals surface area (Å²) >= 11 is 0. The maximum absolute atomic E-state index is 12.5. The van der Waals surface area contributed by atoms with Gasteiger partial charge < -0.3 is 10.0 Å². The molecule has 0 saturated heterocycles. The molecule has 0 heterocycles. The van der Waals surface area contributed by atoms with Gasteiger partial charge in [-0.15, -0.1) is 0 Å². The first-order valence-corrected chi connectivity index (χ1v) is 6.80. The van der Waals surface area contributed by atoms with Crippen molar-refractivity contribution in [3.63, 3.8) is 0 Å². The Kier molecular flexibility index (Phi) is 3.16. The van der Waals surface area contributed by atoms with Gasteiger partial charge in [-0.05, 0) is 38.0 Å². The van der Waals surface area contributed by atoms with Crippen LogP contribution in [0.2, 0.25) is 0 Å². The number of nitrogens with zero attached hydrogens (tertiary/aromatic N) is 1. The van der Waals surface area contributed by atoms with Gasteiger partial charge in [0.2, 0.25) is 5.91 Å². The molecule has 0 spiro atoms. The van der Waals surface area contributed by atoms with Crippen LogP contribution in [0.15, 0.2) is 0 Å². The van der Waals surface area contributed by atoms with Gasteiger partial charge in [0.05, 0.1) is 11.8 Å². The Morgan fingerprint density at radius 1 is 1.28 bits per heavy atom. The molecule has 4 heteroatoms. The summed E-state index contributed by atoms with van der Waals surface area (Å²) < 4.78 is 0. The molecule has 4 nitrogen and oxygen atoms in total. The third-order valence-electron chi connectivity index (χ3n) is 4.42. The normalized spacial score (nSPS) is 29.2. The summed E-state index contributed by atoms with van der Waals surface area (Å²) in [5, 5.41) is 9.15. The van der Waals surface area contributed by atoms with Crippen LogP contribution in [0.1, 0.15) is 40.5 Å². The molecule has 102 valence electrons. The number of carbonyl (C=O) groups is 2. The number of carboxylic acid groups (broad SMARTS) is 1. The van der Waals surface area contributed by atoms with E-state index in [0.717, 1.165) is 6.54 Å². The van der Waals surface area contributed by atoms with Crippen molar-refractivity contribution >= 4 is 11.9 Å². The first-order valence-electron chi connectivity index (χ1n) is 6.80. The maximum atomic E-state index is 12.5. The van der Waals surface area contributed by atoms with Crippen LogP contribution in [0.5, 0.6) is 0 Å². The van der Waals surface area contributed by atoms with Crippen LogP contribution in [0.3, 0.4) is 0 Å². The van der Waals surface area contributed by atoms with Crippen molar-refractivity contribution in [3.05, 3.63) is 0 Å². The van der Waals surface area contributed by atoms with E-state index in [4.69, 9.17) is 5.11 Å². The Hall–Kier alpha value is -1.06. The lowest BCUT2D eigenvalue weighted by Gasteiger charge is -2.27. The molecule has 0 aromatic heterocycles. The zero-order chi connectivity index (χ0) is 13.7. The van der Waals surface area contributed by atoms with E-state index in [-0.39, 0.29) is 23.3 Å². The number of carboxylic acids is 1. The molecular weight excluding hydrogens is 230 g/mol. The van der Waals surface area contributed by atoms with Crippen LogP contribution in [0.25, 0.3) is 0 Å². The fourth-order valence-electron chi connectivity index (χ4n) is 2.87. The van der Waals surface area contributed by atoms with Crippen LogP contribution in [-0.4, -0.2) is 34.5 Å². The number of amides is 1. The quantitative estimate of drug-likeness (QED) is 0.815. The summed E-state index contributed by atoms with van der Waals surface area (Å²) in [6.45, 7) is 8.57. The van der Waals surface area contributed by atoms with E-state index in [0.29, 0.717) is 5.92 Å². The second kappa shape index (κ2) is 4.25. The first-order chi connectivity index (χ1) is 8.26. The molecule has 0 aliphatic heterocycles. The largest absolute Gasteiger partial charge is 0.481 e. The van der Waals surface area contributed by atoms with Gasteiger partial charge in [-0.3, -0.25) is 9.59 Å². The smallest absolute Gasteiger partial charge is 0.307 e. The molecule has 1 N–H and O–H groups in total. The lowest BCUT2D eigenvalue weighted by Crippen LogP contribution is -2.40. The lowest BCUT2D eigenvalue weighted by molar-refractivity contribution is -0.142. The minimum Gasteiger partial charge on any atom is -0.481 e. The fourth-order valence-corrected chi connectivity index (χ4v) is 2.87. The van der Waals surface area contributed by atoms with Gasteiger partial charge in [0.15, 0.2) is 0 Å². The number of aliphatic carboxylic acids is 1. The van der Waals surface area contributed by atoms with Gasteiger partial charge in [-0.25, -0.2) is 0 Å². The highest BCUT2D eigenvalue weighted by Gasteiger charge is 2.66. The van der Waals surface area contributed by atoms with E-state index in [1.54, 1.807) is 0 Å². The SMILES string of the molecule is CC(C)N(CC1CC1)C(=O)C1C(C(=O)O)C1(C)C. The van der Waals surface area contributed by atoms with Gasteiger partial charge in [0.25, 0.3) is 0 Å². The van der Waals surface area contributed by atoms with E-state index in [1.807, 2.05) is 32.6 Å². The summed E-state index contributed by atoms with van der Waals surface area (Å²) in [6.07, 6.45) is 2.40. The number of carbonyl (C=O) groups excluding carboxylic acids is 1. The fraction of sp³-hybridized carbons (Fsp3) is 0.857. The number of rotatable bonds is 5. The monoisotopic (exact) mass is 253 g/mol. The second-order valence-corrected chi connectivity index (χ2v) is 6.64. The van der Waals surface area contributed by atoms with Crippen LogP contribution in [-0.2, 0) is 9.59 Å². The molecular formula is C14H23NO3. The molecule has 2 atom stereocenters. The average Bonchev–Trinajstić information content (AvgIpc) is 3.09. The molecule has 0 aromatic rings. The minimum absolute atomic E-state index is 0.0364. The summed E-state index contributed by atoms with van der Waals surface area (Å²) in [7, 11) is 0. The molecule has 0 bridgehead atoms. The summed E-state index contributed by atoms with van der Waals surface area (Å²) in [5.74, 6) is -1.01. The third kappa shape index (κ3) is 2.25. The molecule has 2 rings (SSSR count). The number of hydrogen-bond donors (Lipinski definition) is 1. The van der Waals surface area contributed by atoms with E-state index >= 15 is 0 Å². The van der Waals surface area contributed by atoms with Crippen molar-refractivity contribution < 1.29 is 14.7 Å². The summed E-state index contributed by atoms with van der Waals surface area (Å²) in [6, 6.07) is 0.156. The van der Waals surface area contributed by atoms with Crippen LogP contribution < -0.4 is 0 Å². The summed E-state index contributed by atoms with van der Waals surface area (Å²) in [5.41, 5.74) is -0.389. The minimum atomic E-state index is -0.839. The first kappa shape index (κ1) is 13.4. The number of hydrogen-bond acceptors (Lipinski definition) is 2. The highest BCUT2D eigenvalue weighted by Crippen LogP contribution is 2.59. The van der Waals surface area contributed by atoms with E-state index in [9.17, 15) is 9.59 Å². The molecule has 2 saturated carbocycles. The summed E-state index contributed by atoms with van der Waals surface area (Å²) in [4.78, 5) is 25.5. The Labute approximate surface area is 108 Å². The van der Waals surface area contributed by atoms with Crippen LogP contribution in [0, 0.1) is 23.2 Å². The Bertz CT molecular complexity index is 371. The van der Waals surface area contributed by atoms with Crippen LogP contribution in [0.4, 0.5) is 0 Å². The van der Waals surface area contributed by atoms with E-state index < -0.39 is 11.9 Å². The zero-order valence-corrected chi connectivity index (χ0v) is 11.6. The molecule has 0 radical (unpaired) electrons. The standard InChI is InChI=1S/C14H23NO3/c1-8(2)15(7-9-5-6-9)12(16)10-11(13(17)18)14(10,3)4/h8-11H,5-7H2,1-4H3,(H,17,18). The van der Waals surface area contributed by atoms with Crippen molar-refractivity contribution in [1.29, 1.82) is 0 Å². The highest BCUT2D eigenvalue weighted by molar-refractivity contribution is 5.91. The molecule has 2 aliphatic rings. The van der Waals surface area contributed by atoms with E-state index in [2.05, 4.69) is 0 Å². The third-order valence-corrected chi connectivity index (χ3v) is 4.42. The average molecular weight is 253 g/mol. The van der Waals surface area contributed by atoms with Crippen molar-refractivity contribution in [2.75, 3.05) is 6.54 Å². The molecule has 18 heavy (non-hydrogen) atoms. The van der Waals surface area contributed by atoms with Gasteiger partial charge in [-0.1, -0.05) is 13.8 Å². The highest BCUT2D eigenvalue weighted by atomic mass is 16.4. The Morgan fingerprint density at radius 2 is 1.83 bits per heavy atom. The zero-order valence-electron chi connectivity index (χ0n) is 11.6. The van der Waals surface area contributed by atoms with Crippen molar-refractivity contribution in [2.45, 2.75) is 46.6 Å². The van der Waals surface area contributed by atoms with Gasteiger partial charge >= 0.3 is 5.97 Å². The lowest BCUT2D eigenvalue weighted by atomic mass is 10.1. The van der Waals surface area contributed by atoms with Crippen LogP contribution >= 0.6 is 0 Å². The van der Waals surface area contributed by atoms with Crippen molar-refractivity contribution in [3.8, 4) is 0 Å². The molecule has 2 unspecified atom stereocenters. The maximum Gasteiger partial charge on any atom is 0.307 e. The molecule has 2 fully saturated rings.